The van der Waals surface area contributed by atoms with Crippen molar-refractivity contribution < 1.29 is 9.47 Å². The maximum absolute atomic E-state index is 5.94. The molecule has 1 aliphatic heterocycles. The summed E-state index contributed by atoms with van der Waals surface area (Å²) in [6.07, 6.45) is 2.87. The Labute approximate surface area is 161 Å². The van der Waals surface area contributed by atoms with E-state index in [1.165, 1.54) is 0 Å². The van der Waals surface area contributed by atoms with E-state index < -0.39 is 0 Å². The van der Waals surface area contributed by atoms with Crippen LogP contribution in [0.2, 0.25) is 0 Å². The van der Waals surface area contributed by atoms with Gasteiger partial charge in [0.25, 0.3) is 0 Å². The van der Waals surface area contributed by atoms with E-state index in [9.17, 15) is 0 Å². The molecule has 2 aromatic rings. The molecule has 0 aliphatic carbocycles. The summed E-state index contributed by atoms with van der Waals surface area (Å²) in [6.45, 7) is 3.74. The topological polar surface area (TPSA) is 59.0 Å². The number of nitrogens with zero attached hydrogens (tertiary/aromatic N) is 3. The van der Waals surface area contributed by atoms with E-state index in [0.29, 0.717) is 24.9 Å². The molecule has 27 heavy (non-hydrogen) atoms. The molecule has 6 nitrogen and oxygen atoms in total. The molecule has 0 bridgehead atoms. The number of guanidine groups is 1. The second kappa shape index (κ2) is 9.92. The summed E-state index contributed by atoms with van der Waals surface area (Å²) in [4.78, 5) is 10.9. The van der Waals surface area contributed by atoms with Gasteiger partial charge in [-0.3, -0.25) is 4.99 Å². The number of nitrogens with one attached hydrogen (secondary N) is 1. The molecule has 0 spiro atoms. The number of hydrogen-bond acceptors (Lipinski definition) is 4. The van der Waals surface area contributed by atoms with Gasteiger partial charge in [0.1, 0.15) is 6.61 Å². The summed E-state index contributed by atoms with van der Waals surface area (Å²) in [5, 5.41) is 3.41. The monoisotopic (exact) mass is 368 g/mol. The molecule has 6 heteroatoms. The Bertz CT molecular complexity index is 730. The van der Waals surface area contributed by atoms with Gasteiger partial charge in [0.15, 0.2) is 5.96 Å². The van der Waals surface area contributed by atoms with Crippen LogP contribution in [0.25, 0.3) is 0 Å². The summed E-state index contributed by atoms with van der Waals surface area (Å²) < 4.78 is 11.4. The maximum Gasteiger partial charge on any atom is 0.218 e. The molecule has 1 N–H and O–H groups in total. The number of pyridine rings is 1. The van der Waals surface area contributed by atoms with Gasteiger partial charge >= 0.3 is 0 Å². The Morgan fingerprint density at radius 1 is 1.30 bits per heavy atom. The number of aromatic nitrogens is 1. The molecule has 1 atom stereocenters. The predicted molar refractivity (Wildman–Crippen MR) is 107 cm³/mol. The molecule has 1 unspecified atom stereocenters. The molecule has 1 aliphatic rings. The normalized spacial score (nSPS) is 17.0. The average Bonchev–Trinajstić information content (AvgIpc) is 3.21. The van der Waals surface area contributed by atoms with Crippen molar-refractivity contribution in [2.24, 2.45) is 10.9 Å². The van der Waals surface area contributed by atoms with Crippen molar-refractivity contribution in [1.82, 2.24) is 15.2 Å². The molecule has 3 rings (SSSR count). The van der Waals surface area contributed by atoms with Gasteiger partial charge in [0, 0.05) is 51.5 Å². The van der Waals surface area contributed by atoms with Crippen LogP contribution in [-0.2, 0) is 17.9 Å². The van der Waals surface area contributed by atoms with Crippen LogP contribution >= 0.6 is 0 Å². The Morgan fingerprint density at radius 2 is 2.15 bits per heavy atom. The second-order valence-corrected chi connectivity index (χ2v) is 6.75. The van der Waals surface area contributed by atoms with Crippen molar-refractivity contribution in [3.8, 4) is 5.88 Å². The number of benzene rings is 1. The lowest BCUT2D eigenvalue weighted by molar-refractivity contribution is 0.181. The van der Waals surface area contributed by atoms with Gasteiger partial charge in [-0.1, -0.05) is 36.4 Å². The molecule has 0 saturated carbocycles. The largest absolute Gasteiger partial charge is 0.473 e. The van der Waals surface area contributed by atoms with Crippen LogP contribution < -0.4 is 10.1 Å². The first-order chi connectivity index (χ1) is 13.3. The third-order valence-electron chi connectivity index (χ3n) is 4.63. The van der Waals surface area contributed by atoms with Crippen LogP contribution in [0.4, 0.5) is 0 Å². The molecule has 1 aromatic carbocycles. The molecular formula is C21H28N4O2. The first kappa shape index (κ1) is 19.2. The molecule has 144 valence electrons. The van der Waals surface area contributed by atoms with Gasteiger partial charge in [-0.15, -0.1) is 0 Å². The average molecular weight is 368 g/mol. The van der Waals surface area contributed by atoms with Crippen molar-refractivity contribution in [3.05, 3.63) is 59.8 Å². The summed E-state index contributed by atoms with van der Waals surface area (Å²) in [7, 11) is 3.86. The van der Waals surface area contributed by atoms with Crippen molar-refractivity contribution in [2.45, 2.75) is 19.6 Å². The zero-order chi connectivity index (χ0) is 18.9. The Balaban J connectivity index is 1.56. The van der Waals surface area contributed by atoms with Crippen LogP contribution in [0.5, 0.6) is 5.88 Å². The molecule has 1 aromatic heterocycles. The van der Waals surface area contributed by atoms with Crippen LogP contribution in [-0.4, -0.2) is 49.7 Å². The van der Waals surface area contributed by atoms with Gasteiger partial charge < -0.3 is 19.7 Å². The SMILES string of the molecule is CN=C(NCc1cccnc1OCc1ccccc1)N(C)CC1CCOC1. The van der Waals surface area contributed by atoms with E-state index in [2.05, 4.69) is 27.2 Å². The summed E-state index contributed by atoms with van der Waals surface area (Å²) in [5.41, 5.74) is 2.13. The lowest BCUT2D eigenvalue weighted by atomic mass is 10.1. The highest BCUT2D eigenvalue weighted by Gasteiger charge is 2.19. The van der Waals surface area contributed by atoms with Crippen molar-refractivity contribution in [1.29, 1.82) is 0 Å². The standard InChI is InChI=1S/C21H28N4O2/c1-22-21(25(2)14-18-10-12-26-15-18)24-13-19-9-6-11-23-20(19)27-16-17-7-4-3-5-8-17/h3-9,11,18H,10,12-16H2,1-2H3,(H,22,24). The van der Waals surface area contributed by atoms with Gasteiger partial charge in [-0.25, -0.2) is 4.98 Å². The highest BCUT2D eigenvalue weighted by Crippen LogP contribution is 2.17. The lowest BCUT2D eigenvalue weighted by Gasteiger charge is -2.24. The minimum atomic E-state index is 0.501. The quantitative estimate of drug-likeness (QED) is 0.601. The fourth-order valence-electron chi connectivity index (χ4n) is 3.17. The second-order valence-electron chi connectivity index (χ2n) is 6.75. The van der Waals surface area contributed by atoms with Gasteiger partial charge in [0.2, 0.25) is 5.88 Å². The third kappa shape index (κ3) is 5.69. The summed E-state index contributed by atoms with van der Waals surface area (Å²) in [6, 6.07) is 14.1. The zero-order valence-electron chi connectivity index (χ0n) is 16.1. The van der Waals surface area contributed by atoms with E-state index in [-0.39, 0.29) is 0 Å². The minimum absolute atomic E-state index is 0.501. The Kier molecular flexibility index (Phi) is 7.04. The van der Waals surface area contributed by atoms with Crippen molar-refractivity contribution >= 4 is 5.96 Å². The number of ether oxygens (including phenoxy) is 2. The van der Waals surface area contributed by atoms with Gasteiger partial charge in [-0.2, -0.15) is 0 Å². The first-order valence-corrected chi connectivity index (χ1v) is 9.36. The molecular weight excluding hydrogens is 340 g/mol. The fourth-order valence-corrected chi connectivity index (χ4v) is 3.17. The van der Waals surface area contributed by atoms with Crippen molar-refractivity contribution in [3.63, 3.8) is 0 Å². The summed E-state index contributed by atoms with van der Waals surface area (Å²) in [5.74, 6) is 2.08. The van der Waals surface area contributed by atoms with Crippen LogP contribution in [0.1, 0.15) is 17.5 Å². The molecule has 2 heterocycles. The van der Waals surface area contributed by atoms with Crippen molar-refractivity contribution in [2.75, 3.05) is 33.9 Å². The smallest absolute Gasteiger partial charge is 0.218 e. The van der Waals surface area contributed by atoms with E-state index in [1.807, 2.05) is 42.5 Å². The molecule has 1 saturated heterocycles. The van der Waals surface area contributed by atoms with Crippen LogP contribution in [0.3, 0.4) is 0 Å². The van der Waals surface area contributed by atoms with E-state index in [0.717, 1.165) is 43.3 Å². The molecule has 0 radical (unpaired) electrons. The first-order valence-electron chi connectivity index (χ1n) is 9.36. The maximum atomic E-state index is 5.94. The van der Waals surface area contributed by atoms with E-state index in [1.54, 1.807) is 13.2 Å². The summed E-state index contributed by atoms with van der Waals surface area (Å²) >= 11 is 0. The fraction of sp³-hybridized carbons (Fsp3) is 0.429. The predicted octanol–water partition coefficient (Wildman–Crippen LogP) is 2.70. The Hall–Kier alpha value is -2.60. The van der Waals surface area contributed by atoms with E-state index >= 15 is 0 Å². The van der Waals surface area contributed by atoms with Gasteiger partial charge in [0.05, 0.1) is 6.61 Å². The minimum Gasteiger partial charge on any atom is -0.473 e. The number of rotatable bonds is 7. The Morgan fingerprint density at radius 3 is 2.89 bits per heavy atom. The lowest BCUT2D eigenvalue weighted by Crippen LogP contribution is -2.41. The third-order valence-corrected chi connectivity index (χ3v) is 4.63. The number of hydrogen-bond donors (Lipinski definition) is 1. The number of aliphatic imine (C=N–C) groups is 1. The van der Waals surface area contributed by atoms with Crippen LogP contribution in [0, 0.1) is 5.92 Å². The van der Waals surface area contributed by atoms with Crippen LogP contribution in [0.15, 0.2) is 53.7 Å². The van der Waals surface area contributed by atoms with E-state index in [4.69, 9.17) is 9.47 Å². The highest BCUT2D eigenvalue weighted by atomic mass is 16.5. The molecule has 1 fully saturated rings. The van der Waals surface area contributed by atoms with Gasteiger partial charge in [-0.05, 0) is 18.1 Å². The zero-order valence-corrected chi connectivity index (χ0v) is 16.1. The highest BCUT2D eigenvalue weighted by molar-refractivity contribution is 5.79. The molecule has 0 amide bonds.